The van der Waals surface area contributed by atoms with E-state index in [-0.39, 0.29) is 40.0 Å². The number of ether oxygens (including phenoxy) is 1. The van der Waals surface area contributed by atoms with Gasteiger partial charge in [0.25, 0.3) is 5.91 Å². The fourth-order valence-electron chi connectivity index (χ4n) is 3.76. The third-order valence-electron chi connectivity index (χ3n) is 5.63. The zero-order valence-electron chi connectivity index (χ0n) is 21.3. The van der Waals surface area contributed by atoms with Crippen molar-refractivity contribution < 1.29 is 35.9 Å². The molecule has 0 bridgehead atoms. The van der Waals surface area contributed by atoms with Crippen LogP contribution in [0.3, 0.4) is 0 Å². The van der Waals surface area contributed by atoms with Gasteiger partial charge in [-0.1, -0.05) is 12.0 Å². The molecule has 0 aliphatic heterocycles. The van der Waals surface area contributed by atoms with Crippen molar-refractivity contribution in [3.8, 4) is 17.6 Å². The number of aromatic nitrogens is 3. The Kier molecular flexibility index (Phi) is 8.80. The third-order valence-corrected chi connectivity index (χ3v) is 5.63. The molecule has 0 saturated heterocycles. The van der Waals surface area contributed by atoms with Gasteiger partial charge in [0, 0.05) is 48.7 Å². The first-order chi connectivity index (χ1) is 19.4. The number of amides is 1. The van der Waals surface area contributed by atoms with Gasteiger partial charge >= 0.3 is 12.5 Å². The molecule has 2 heterocycles. The smallest absolute Gasteiger partial charge is 0.406 e. The number of rotatable bonds is 8. The maximum atomic E-state index is 13.7. The van der Waals surface area contributed by atoms with Gasteiger partial charge in [-0.3, -0.25) is 14.9 Å². The van der Waals surface area contributed by atoms with E-state index in [9.17, 15) is 31.1 Å². The fraction of sp³-hybridized carbons (Fsp3) is 0.222. The van der Waals surface area contributed by atoms with Gasteiger partial charge in [0.2, 0.25) is 0 Å². The Bertz CT molecular complexity index is 1600. The summed E-state index contributed by atoms with van der Waals surface area (Å²) < 4.78 is 82.6. The summed E-state index contributed by atoms with van der Waals surface area (Å²) in [6.07, 6.45) is -6.93. The summed E-state index contributed by atoms with van der Waals surface area (Å²) in [7, 11) is 1.73. The summed E-state index contributed by atoms with van der Waals surface area (Å²) in [6.45, 7) is 1.06. The van der Waals surface area contributed by atoms with E-state index < -0.39 is 29.8 Å². The minimum atomic E-state index is -4.87. The number of alkyl halides is 6. The zero-order valence-corrected chi connectivity index (χ0v) is 21.3. The average Bonchev–Trinajstić information content (AvgIpc) is 3.31. The molecule has 41 heavy (non-hydrogen) atoms. The van der Waals surface area contributed by atoms with Crippen LogP contribution in [0.5, 0.6) is 5.75 Å². The second kappa shape index (κ2) is 12.3. The standard InChI is InChI=1S/C27H22F6N6O2/c1-34-8-9-35-14-17-3-4-19(11-22(17)26(28,29)30)37-25(40)18-10-16(13-36-15-18)2-6-23-21-12-20(41-27(31,32)33)5-7-24(21)39-38-23/h3-5,7,10-13,15,34-35H,8-9,14H2,1H3,(H,37,40)(H,38,39). The van der Waals surface area contributed by atoms with Gasteiger partial charge in [-0.2, -0.15) is 18.3 Å². The molecular weight excluding hydrogens is 554 g/mol. The maximum absolute atomic E-state index is 13.7. The van der Waals surface area contributed by atoms with Crippen LogP contribution in [0, 0.1) is 11.8 Å². The number of fused-ring (bicyclic) bond motifs is 1. The van der Waals surface area contributed by atoms with Crippen molar-refractivity contribution in [3.63, 3.8) is 0 Å². The Morgan fingerprint density at radius 1 is 1.00 bits per heavy atom. The Hall–Kier alpha value is -4.61. The van der Waals surface area contributed by atoms with Crippen LogP contribution < -0.4 is 20.7 Å². The molecule has 0 radical (unpaired) electrons. The van der Waals surface area contributed by atoms with Crippen molar-refractivity contribution in [1.82, 2.24) is 25.8 Å². The predicted molar refractivity (Wildman–Crippen MR) is 138 cm³/mol. The number of carbonyl (C=O) groups is 1. The highest BCUT2D eigenvalue weighted by molar-refractivity contribution is 6.04. The molecule has 8 nitrogen and oxygen atoms in total. The van der Waals surface area contributed by atoms with Gasteiger partial charge < -0.3 is 20.7 Å². The minimum absolute atomic E-state index is 0.00231. The summed E-state index contributed by atoms with van der Waals surface area (Å²) in [5, 5.41) is 15.1. The molecule has 1 amide bonds. The van der Waals surface area contributed by atoms with Crippen LogP contribution in [0.4, 0.5) is 32.0 Å². The number of pyridine rings is 1. The van der Waals surface area contributed by atoms with Crippen molar-refractivity contribution >= 4 is 22.5 Å². The highest BCUT2D eigenvalue weighted by Gasteiger charge is 2.34. The highest BCUT2D eigenvalue weighted by atomic mass is 19.4. The lowest BCUT2D eigenvalue weighted by Gasteiger charge is -2.16. The molecule has 0 unspecified atom stereocenters. The molecule has 0 aliphatic rings. The number of carbonyl (C=O) groups excluding carboxylic acids is 1. The second-order valence-corrected chi connectivity index (χ2v) is 8.64. The van der Waals surface area contributed by atoms with E-state index in [2.05, 4.69) is 47.7 Å². The quantitative estimate of drug-likeness (QED) is 0.136. The first kappa shape index (κ1) is 29.4. The summed E-state index contributed by atoms with van der Waals surface area (Å²) >= 11 is 0. The molecule has 0 saturated carbocycles. The van der Waals surface area contributed by atoms with Crippen LogP contribution >= 0.6 is 0 Å². The SMILES string of the molecule is CNCCNCc1ccc(NC(=O)c2cncc(C#Cc3[nH]nc4ccc(OC(F)(F)F)cc34)c2)cc1C(F)(F)F. The van der Waals surface area contributed by atoms with Gasteiger partial charge in [-0.15, -0.1) is 13.2 Å². The van der Waals surface area contributed by atoms with E-state index in [0.29, 0.717) is 18.6 Å². The number of hydrogen-bond donors (Lipinski definition) is 4. The van der Waals surface area contributed by atoms with E-state index in [4.69, 9.17) is 0 Å². The second-order valence-electron chi connectivity index (χ2n) is 8.64. The van der Waals surface area contributed by atoms with Crippen LogP contribution in [-0.2, 0) is 12.7 Å². The van der Waals surface area contributed by atoms with Gasteiger partial charge in [-0.05, 0) is 54.9 Å². The van der Waals surface area contributed by atoms with Gasteiger partial charge in [0.15, 0.2) is 0 Å². The summed E-state index contributed by atoms with van der Waals surface area (Å²) in [6, 6.07) is 8.50. The Morgan fingerprint density at radius 2 is 1.80 bits per heavy atom. The first-order valence-corrected chi connectivity index (χ1v) is 12.0. The lowest BCUT2D eigenvalue weighted by molar-refractivity contribution is -0.274. The van der Waals surface area contributed by atoms with Crippen LogP contribution in [0.1, 0.15) is 32.7 Å². The molecule has 4 aromatic rings. The van der Waals surface area contributed by atoms with Crippen LogP contribution in [0.25, 0.3) is 10.9 Å². The predicted octanol–water partition coefficient (Wildman–Crippen LogP) is 4.84. The molecule has 0 atom stereocenters. The summed E-state index contributed by atoms with van der Waals surface area (Å²) in [5.41, 5.74) is -0.0514. The molecule has 2 aromatic carbocycles. The normalized spacial score (nSPS) is 11.7. The Balaban J connectivity index is 1.51. The zero-order chi connectivity index (χ0) is 29.6. The van der Waals surface area contributed by atoms with Crippen molar-refractivity contribution in [2.24, 2.45) is 0 Å². The molecule has 0 fully saturated rings. The van der Waals surface area contributed by atoms with Crippen molar-refractivity contribution in [3.05, 3.63) is 82.8 Å². The van der Waals surface area contributed by atoms with E-state index in [1.807, 2.05) is 0 Å². The first-order valence-electron chi connectivity index (χ1n) is 12.0. The summed E-state index contributed by atoms with van der Waals surface area (Å²) in [5.74, 6) is 4.32. The number of hydrogen-bond acceptors (Lipinski definition) is 6. The van der Waals surface area contributed by atoms with Crippen LogP contribution in [0.15, 0.2) is 54.9 Å². The lowest BCUT2D eigenvalue weighted by Crippen LogP contribution is -2.25. The molecule has 4 rings (SSSR count). The van der Waals surface area contributed by atoms with Crippen molar-refractivity contribution in [2.45, 2.75) is 19.1 Å². The molecule has 14 heteroatoms. The van der Waals surface area contributed by atoms with Crippen LogP contribution in [-0.4, -0.2) is 47.6 Å². The monoisotopic (exact) mass is 576 g/mol. The molecule has 4 N–H and O–H groups in total. The van der Waals surface area contributed by atoms with Gasteiger partial charge in [0.05, 0.1) is 16.6 Å². The number of likely N-dealkylation sites (N-methyl/N-ethyl adjacent to an activating group) is 1. The molecule has 2 aromatic heterocycles. The largest absolute Gasteiger partial charge is 0.573 e. The number of nitrogens with one attached hydrogen (secondary N) is 4. The fourth-order valence-corrected chi connectivity index (χ4v) is 3.76. The van der Waals surface area contributed by atoms with E-state index >= 15 is 0 Å². The Morgan fingerprint density at radius 3 is 2.54 bits per heavy atom. The number of anilines is 1. The molecular formula is C27H22F6N6O2. The van der Waals surface area contributed by atoms with Crippen molar-refractivity contribution in [1.29, 1.82) is 0 Å². The molecule has 0 spiro atoms. The van der Waals surface area contributed by atoms with E-state index in [0.717, 1.165) is 18.2 Å². The number of H-pyrrole nitrogens is 1. The highest BCUT2D eigenvalue weighted by Crippen LogP contribution is 2.34. The van der Waals surface area contributed by atoms with Gasteiger partial charge in [0.1, 0.15) is 11.4 Å². The maximum Gasteiger partial charge on any atom is 0.573 e. The summed E-state index contributed by atoms with van der Waals surface area (Å²) in [4.78, 5) is 16.7. The van der Waals surface area contributed by atoms with Gasteiger partial charge in [-0.25, -0.2) is 0 Å². The Labute approximate surface area is 229 Å². The number of halogens is 6. The van der Waals surface area contributed by atoms with E-state index in [1.165, 1.54) is 36.7 Å². The molecule has 0 aliphatic carbocycles. The number of nitrogens with zero attached hydrogens (tertiary/aromatic N) is 2. The van der Waals surface area contributed by atoms with Crippen molar-refractivity contribution in [2.75, 3.05) is 25.5 Å². The van der Waals surface area contributed by atoms with E-state index in [1.54, 1.807) is 7.05 Å². The van der Waals surface area contributed by atoms with Crippen LogP contribution in [0.2, 0.25) is 0 Å². The number of aromatic amines is 1. The lowest BCUT2D eigenvalue weighted by atomic mass is 10.1. The third kappa shape index (κ3) is 7.96. The topological polar surface area (TPSA) is 104 Å². The molecule has 214 valence electrons. The number of benzene rings is 2. The average molecular weight is 577 g/mol. The minimum Gasteiger partial charge on any atom is -0.406 e.